The van der Waals surface area contributed by atoms with Gasteiger partial charge in [-0.25, -0.2) is 0 Å². The molecule has 4 heteroatoms. The molecule has 1 fully saturated rings. The van der Waals surface area contributed by atoms with E-state index in [0.717, 1.165) is 35.3 Å². The van der Waals surface area contributed by atoms with Gasteiger partial charge in [-0.05, 0) is 62.5 Å². The molecule has 1 heterocycles. The molecule has 1 aromatic rings. The smallest absolute Gasteiger partial charge is 0.119 e. The summed E-state index contributed by atoms with van der Waals surface area (Å²) in [4.78, 5) is 2.32. The van der Waals surface area contributed by atoms with E-state index in [1.54, 1.807) is 0 Å². The third kappa shape index (κ3) is 4.65. The average Bonchev–Trinajstić information content (AvgIpc) is 2.43. The quantitative estimate of drug-likeness (QED) is 0.906. The van der Waals surface area contributed by atoms with E-state index in [9.17, 15) is 5.11 Å². The van der Waals surface area contributed by atoms with E-state index in [4.69, 9.17) is 16.3 Å². The van der Waals surface area contributed by atoms with Crippen molar-refractivity contribution in [2.45, 2.75) is 32.8 Å². The maximum absolute atomic E-state index is 10.1. The molecule has 0 amide bonds. The van der Waals surface area contributed by atoms with E-state index >= 15 is 0 Å². The van der Waals surface area contributed by atoms with Crippen LogP contribution in [-0.4, -0.2) is 42.4 Å². The van der Waals surface area contributed by atoms with Crippen LogP contribution in [0.3, 0.4) is 0 Å². The largest absolute Gasteiger partial charge is 0.491 e. The minimum atomic E-state index is -0.445. The topological polar surface area (TPSA) is 32.7 Å². The van der Waals surface area contributed by atoms with Crippen LogP contribution < -0.4 is 4.74 Å². The van der Waals surface area contributed by atoms with Crippen molar-refractivity contribution >= 4 is 11.6 Å². The zero-order chi connectivity index (χ0) is 14.5. The van der Waals surface area contributed by atoms with Crippen molar-refractivity contribution < 1.29 is 9.84 Å². The number of nitrogens with zero attached hydrogens (tertiary/aromatic N) is 1. The fourth-order valence-corrected chi connectivity index (χ4v) is 2.61. The molecule has 1 atom stereocenters. The van der Waals surface area contributed by atoms with Crippen molar-refractivity contribution in [1.29, 1.82) is 0 Å². The summed E-state index contributed by atoms with van der Waals surface area (Å²) >= 11 is 5.97. The Morgan fingerprint density at radius 3 is 2.75 bits per heavy atom. The molecule has 1 N–H and O–H groups in total. The zero-order valence-electron chi connectivity index (χ0n) is 12.3. The number of benzene rings is 1. The van der Waals surface area contributed by atoms with Gasteiger partial charge in [-0.1, -0.05) is 18.5 Å². The third-order valence-corrected chi connectivity index (χ3v) is 4.34. The van der Waals surface area contributed by atoms with Crippen molar-refractivity contribution in [3.8, 4) is 5.75 Å². The summed E-state index contributed by atoms with van der Waals surface area (Å²) in [6, 6.07) is 5.56. The van der Waals surface area contributed by atoms with Crippen molar-refractivity contribution in [3.05, 3.63) is 28.8 Å². The molecular formula is C16H24ClNO2. The predicted octanol–water partition coefficient (Wildman–Crippen LogP) is 3.12. The van der Waals surface area contributed by atoms with Crippen LogP contribution in [0.15, 0.2) is 18.2 Å². The van der Waals surface area contributed by atoms with Gasteiger partial charge < -0.3 is 14.7 Å². The summed E-state index contributed by atoms with van der Waals surface area (Å²) in [5, 5.41) is 10.8. The second-order valence-electron chi connectivity index (χ2n) is 5.86. The Bertz CT molecular complexity index is 430. The van der Waals surface area contributed by atoms with Crippen LogP contribution in [0.4, 0.5) is 0 Å². The van der Waals surface area contributed by atoms with Crippen LogP contribution >= 0.6 is 11.6 Å². The van der Waals surface area contributed by atoms with Gasteiger partial charge in [0.2, 0.25) is 0 Å². The standard InChI is InChI=1S/C16H24ClNO2/c1-12-5-7-18(8-6-12)10-14(19)11-20-15-3-4-16(17)13(2)9-15/h3-4,9,12,14,19H,5-8,10-11H2,1-2H3/t14-/m0/s1. The van der Waals surface area contributed by atoms with Crippen LogP contribution in [0, 0.1) is 12.8 Å². The molecule has 0 spiro atoms. The van der Waals surface area contributed by atoms with Crippen LogP contribution in [-0.2, 0) is 0 Å². The number of aryl methyl sites for hydroxylation is 1. The molecule has 0 bridgehead atoms. The normalized spacial score (nSPS) is 19.0. The van der Waals surface area contributed by atoms with Gasteiger partial charge in [0.25, 0.3) is 0 Å². The van der Waals surface area contributed by atoms with Gasteiger partial charge in [-0.15, -0.1) is 0 Å². The lowest BCUT2D eigenvalue weighted by molar-refractivity contribution is 0.0563. The highest BCUT2D eigenvalue weighted by atomic mass is 35.5. The fraction of sp³-hybridized carbons (Fsp3) is 0.625. The number of likely N-dealkylation sites (tertiary alicyclic amines) is 1. The molecular weight excluding hydrogens is 274 g/mol. The molecule has 1 aromatic carbocycles. The molecule has 0 radical (unpaired) electrons. The second kappa shape index (κ2) is 7.30. The molecule has 2 rings (SSSR count). The van der Waals surface area contributed by atoms with Crippen molar-refractivity contribution in [2.75, 3.05) is 26.2 Å². The predicted molar refractivity (Wildman–Crippen MR) is 82.5 cm³/mol. The first kappa shape index (κ1) is 15.6. The van der Waals surface area contributed by atoms with Gasteiger partial charge in [0.15, 0.2) is 0 Å². The Hall–Kier alpha value is -0.770. The van der Waals surface area contributed by atoms with Crippen molar-refractivity contribution in [3.63, 3.8) is 0 Å². The number of hydrogen-bond acceptors (Lipinski definition) is 3. The van der Waals surface area contributed by atoms with E-state index in [0.29, 0.717) is 13.2 Å². The molecule has 0 saturated carbocycles. The van der Waals surface area contributed by atoms with Gasteiger partial charge in [-0.3, -0.25) is 0 Å². The molecule has 3 nitrogen and oxygen atoms in total. The minimum Gasteiger partial charge on any atom is -0.491 e. The molecule has 0 unspecified atom stereocenters. The van der Waals surface area contributed by atoms with Gasteiger partial charge in [0.1, 0.15) is 18.5 Å². The highest BCUT2D eigenvalue weighted by molar-refractivity contribution is 6.31. The fourth-order valence-electron chi connectivity index (χ4n) is 2.49. The summed E-state index contributed by atoms with van der Waals surface area (Å²) < 4.78 is 5.63. The Balaban J connectivity index is 1.74. The summed E-state index contributed by atoms with van der Waals surface area (Å²) in [6.45, 7) is 7.42. The van der Waals surface area contributed by atoms with Crippen molar-refractivity contribution in [2.24, 2.45) is 5.92 Å². The monoisotopic (exact) mass is 297 g/mol. The van der Waals surface area contributed by atoms with Crippen LogP contribution in [0.25, 0.3) is 0 Å². The molecule has 0 aromatic heterocycles. The lowest BCUT2D eigenvalue weighted by atomic mass is 9.99. The summed E-state index contributed by atoms with van der Waals surface area (Å²) in [6.07, 6.45) is 2.01. The van der Waals surface area contributed by atoms with Crippen LogP contribution in [0.5, 0.6) is 5.75 Å². The minimum absolute atomic E-state index is 0.327. The van der Waals surface area contributed by atoms with Gasteiger partial charge >= 0.3 is 0 Å². The molecule has 20 heavy (non-hydrogen) atoms. The van der Waals surface area contributed by atoms with E-state index in [-0.39, 0.29) is 0 Å². The first-order chi connectivity index (χ1) is 9.54. The molecule has 0 aliphatic carbocycles. The molecule has 1 aliphatic rings. The first-order valence-corrected chi connectivity index (χ1v) is 7.72. The van der Waals surface area contributed by atoms with E-state index in [1.165, 1.54) is 12.8 Å². The van der Waals surface area contributed by atoms with E-state index in [2.05, 4.69) is 11.8 Å². The third-order valence-electron chi connectivity index (χ3n) is 3.92. The molecule has 1 saturated heterocycles. The maximum Gasteiger partial charge on any atom is 0.119 e. The number of rotatable bonds is 5. The van der Waals surface area contributed by atoms with Gasteiger partial charge in [0, 0.05) is 11.6 Å². The Morgan fingerprint density at radius 1 is 1.40 bits per heavy atom. The van der Waals surface area contributed by atoms with E-state index in [1.807, 2.05) is 25.1 Å². The number of piperidine rings is 1. The van der Waals surface area contributed by atoms with Gasteiger partial charge in [-0.2, -0.15) is 0 Å². The number of β-amino-alcohol motifs (C(OH)–C–C–N with tert-alkyl or cyclic N) is 1. The number of ether oxygens (including phenoxy) is 1. The Kier molecular flexibility index (Phi) is 5.70. The number of hydrogen-bond donors (Lipinski definition) is 1. The second-order valence-corrected chi connectivity index (χ2v) is 6.27. The highest BCUT2D eigenvalue weighted by Gasteiger charge is 2.18. The average molecular weight is 298 g/mol. The lowest BCUT2D eigenvalue weighted by Gasteiger charge is -2.31. The number of aliphatic hydroxyl groups excluding tert-OH is 1. The van der Waals surface area contributed by atoms with E-state index < -0.39 is 6.10 Å². The van der Waals surface area contributed by atoms with Gasteiger partial charge in [0.05, 0.1) is 0 Å². The Labute approximate surface area is 126 Å². The SMILES string of the molecule is Cc1cc(OC[C@@H](O)CN2CCC(C)CC2)ccc1Cl. The summed E-state index contributed by atoms with van der Waals surface area (Å²) in [5.74, 6) is 1.58. The molecule has 1 aliphatic heterocycles. The lowest BCUT2D eigenvalue weighted by Crippen LogP contribution is -2.40. The van der Waals surface area contributed by atoms with Crippen molar-refractivity contribution in [1.82, 2.24) is 4.90 Å². The zero-order valence-corrected chi connectivity index (χ0v) is 13.1. The Morgan fingerprint density at radius 2 is 2.10 bits per heavy atom. The summed E-state index contributed by atoms with van der Waals surface area (Å²) in [5.41, 5.74) is 0.990. The number of aliphatic hydroxyl groups is 1. The first-order valence-electron chi connectivity index (χ1n) is 7.34. The highest BCUT2D eigenvalue weighted by Crippen LogP contribution is 2.21. The summed E-state index contributed by atoms with van der Waals surface area (Å²) in [7, 11) is 0. The van der Waals surface area contributed by atoms with Crippen LogP contribution in [0.1, 0.15) is 25.3 Å². The van der Waals surface area contributed by atoms with Crippen LogP contribution in [0.2, 0.25) is 5.02 Å². The maximum atomic E-state index is 10.1. The molecule has 112 valence electrons. The number of halogens is 1.